The van der Waals surface area contributed by atoms with Crippen molar-refractivity contribution < 1.29 is 9.59 Å². The number of carbonyl (C=O) groups is 2. The van der Waals surface area contributed by atoms with Crippen LogP contribution >= 0.6 is 11.3 Å². The Hall–Kier alpha value is -1.40. The van der Waals surface area contributed by atoms with Gasteiger partial charge in [-0.1, -0.05) is 0 Å². The molecule has 1 aromatic rings. The first-order valence-electron chi connectivity index (χ1n) is 10.4. The summed E-state index contributed by atoms with van der Waals surface area (Å²) in [7, 11) is 0. The lowest BCUT2D eigenvalue weighted by Crippen LogP contribution is -2.56. The molecule has 0 N–H and O–H groups in total. The summed E-state index contributed by atoms with van der Waals surface area (Å²) in [5.74, 6) is 1.21. The van der Waals surface area contributed by atoms with Crippen molar-refractivity contribution in [1.29, 1.82) is 0 Å². The lowest BCUT2D eigenvalue weighted by Gasteiger charge is -2.47. The van der Waals surface area contributed by atoms with Crippen molar-refractivity contribution >= 4 is 23.2 Å². The van der Waals surface area contributed by atoms with Crippen molar-refractivity contribution in [3.05, 3.63) is 21.9 Å². The molecule has 5 nitrogen and oxygen atoms in total. The van der Waals surface area contributed by atoms with Crippen molar-refractivity contribution in [2.24, 2.45) is 5.92 Å². The number of likely N-dealkylation sites (tertiary alicyclic amines) is 3. The molecule has 148 valence electrons. The minimum atomic E-state index is 0.287. The smallest absolute Gasteiger partial charge is 0.222 e. The quantitative estimate of drug-likeness (QED) is 0.751. The standard InChI is InChI=1S/C21H31N3O2S/c1-16-8-13-27-19(16)15-22-12-7-18-17(14-22)5-6-21(26)24(18)11-3-10-23-9-2-4-20(23)25/h8,13,17-18H,2-7,9-12,14-15H2,1H3/t17-,18+/m1/s1. The predicted molar refractivity (Wildman–Crippen MR) is 108 cm³/mol. The number of hydrogen-bond acceptors (Lipinski definition) is 4. The van der Waals surface area contributed by atoms with Crippen LogP contribution in [0.3, 0.4) is 0 Å². The SMILES string of the molecule is Cc1ccsc1CN1CC[C@H]2[C@H](CCC(=O)N2CCCN2CCCC2=O)C1. The van der Waals surface area contributed by atoms with Gasteiger partial charge in [-0.25, -0.2) is 0 Å². The Morgan fingerprint density at radius 2 is 2.00 bits per heavy atom. The zero-order valence-corrected chi connectivity index (χ0v) is 17.2. The van der Waals surface area contributed by atoms with Crippen molar-refractivity contribution in [3.63, 3.8) is 0 Å². The summed E-state index contributed by atoms with van der Waals surface area (Å²) >= 11 is 1.86. The molecule has 27 heavy (non-hydrogen) atoms. The number of piperidine rings is 2. The molecule has 2 atom stereocenters. The Morgan fingerprint density at radius 3 is 2.74 bits per heavy atom. The van der Waals surface area contributed by atoms with Crippen LogP contribution in [0.5, 0.6) is 0 Å². The van der Waals surface area contributed by atoms with Gasteiger partial charge < -0.3 is 9.80 Å². The third kappa shape index (κ3) is 4.21. The number of carbonyl (C=O) groups excluding carboxylic acids is 2. The first kappa shape index (κ1) is 18.9. The van der Waals surface area contributed by atoms with Gasteiger partial charge in [-0.3, -0.25) is 14.5 Å². The van der Waals surface area contributed by atoms with Gasteiger partial charge in [-0.15, -0.1) is 11.3 Å². The van der Waals surface area contributed by atoms with E-state index in [2.05, 4.69) is 28.2 Å². The van der Waals surface area contributed by atoms with E-state index in [4.69, 9.17) is 0 Å². The lowest BCUT2D eigenvalue weighted by molar-refractivity contribution is -0.141. The largest absolute Gasteiger partial charge is 0.343 e. The normalized spacial score (nSPS) is 26.7. The van der Waals surface area contributed by atoms with Crippen LogP contribution in [-0.2, 0) is 16.1 Å². The fourth-order valence-corrected chi connectivity index (χ4v) is 5.95. The Kier molecular flexibility index (Phi) is 5.83. The first-order valence-corrected chi connectivity index (χ1v) is 11.3. The van der Waals surface area contributed by atoms with Gasteiger partial charge in [0.15, 0.2) is 0 Å². The maximum Gasteiger partial charge on any atom is 0.222 e. The maximum atomic E-state index is 12.6. The number of thiophene rings is 1. The molecule has 3 aliphatic rings. The van der Waals surface area contributed by atoms with Gasteiger partial charge in [0, 0.05) is 63.0 Å². The highest BCUT2D eigenvalue weighted by molar-refractivity contribution is 7.10. The van der Waals surface area contributed by atoms with E-state index in [1.165, 1.54) is 10.4 Å². The minimum Gasteiger partial charge on any atom is -0.343 e. The first-order chi connectivity index (χ1) is 13.1. The van der Waals surface area contributed by atoms with Crippen molar-refractivity contribution in [2.45, 2.75) is 58.0 Å². The molecule has 1 aromatic heterocycles. The molecule has 6 heteroatoms. The topological polar surface area (TPSA) is 43.9 Å². The summed E-state index contributed by atoms with van der Waals surface area (Å²) in [6, 6.07) is 2.61. The van der Waals surface area contributed by atoms with E-state index in [-0.39, 0.29) is 5.91 Å². The zero-order valence-electron chi connectivity index (χ0n) is 16.4. The Labute approximate surface area is 166 Å². The van der Waals surface area contributed by atoms with E-state index < -0.39 is 0 Å². The highest BCUT2D eigenvalue weighted by Crippen LogP contribution is 2.32. The van der Waals surface area contributed by atoms with E-state index in [9.17, 15) is 9.59 Å². The van der Waals surface area contributed by atoms with E-state index in [0.29, 0.717) is 30.7 Å². The number of fused-ring (bicyclic) bond motifs is 1. The molecule has 0 unspecified atom stereocenters. The Morgan fingerprint density at radius 1 is 1.11 bits per heavy atom. The molecule has 0 aromatic carbocycles. The Balaban J connectivity index is 1.31. The van der Waals surface area contributed by atoms with E-state index in [1.54, 1.807) is 0 Å². The number of rotatable bonds is 6. The van der Waals surface area contributed by atoms with E-state index in [0.717, 1.165) is 65.0 Å². The van der Waals surface area contributed by atoms with Crippen molar-refractivity contribution in [3.8, 4) is 0 Å². The summed E-state index contributed by atoms with van der Waals surface area (Å²) in [6.07, 6.45) is 5.42. The predicted octanol–water partition coefficient (Wildman–Crippen LogP) is 2.88. The summed E-state index contributed by atoms with van der Waals surface area (Å²) in [4.78, 5) is 32.5. The number of aryl methyl sites for hydroxylation is 1. The molecule has 0 saturated carbocycles. The van der Waals surface area contributed by atoms with Gasteiger partial charge in [0.05, 0.1) is 0 Å². The number of amides is 2. The molecule has 2 amide bonds. The van der Waals surface area contributed by atoms with Crippen LogP contribution in [0.1, 0.15) is 49.0 Å². The summed E-state index contributed by atoms with van der Waals surface area (Å²) in [5, 5.41) is 2.18. The Bertz CT molecular complexity index is 689. The van der Waals surface area contributed by atoms with Gasteiger partial charge >= 0.3 is 0 Å². The molecule has 3 aliphatic heterocycles. The highest BCUT2D eigenvalue weighted by atomic mass is 32.1. The molecular formula is C21H31N3O2S. The average molecular weight is 390 g/mol. The van der Waals surface area contributed by atoms with Gasteiger partial charge in [-0.2, -0.15) is 0 Å². The molecule has 3 fully saturated rings. The van der Waals surface area contributed by atoms with Gasteiger partial charge in [0.1, 0.15) is 0 Å². The van der Waals surface area contributed by atoms with Crippen LogP contribution in [0.4, 0.5) is 0 Å². The third-order valence-electron chi connectivity index (χ3n) is 6.56. The van der Waals surface area contributed by atoms with Crippen LogP contribution in [0.15, 0.2) is 11.4 Å². The average Bonchev–Trinajstić information content (AvgIpc) is 3.25. The molecule has 4 rings (SSSR count). The number of nitrogens with zero attached hydrogens (tertiary/aromatic N) is 3. The van der Waals surface area contributed by atoms with E-state index >= 15 is 0 Å². The second kappa shape index (κ2) is 8.31. The zero-order chi connectivity index (χ0) is 18.8. The second-order valence-electron chi connectivity index (χ2n) is 8.34. The molecule has 0 spiro atoms. The van der Waals surface area contributed by atoms with Gasteiger partial charge in [-0.05, 0) is 55.5 Å². The third-order valence-corrected chi connectivity index (χ3v) is 7.57. The van der Waals surface area contributed by atoms with Crippen LogP contribution in [-0.4, -0.2) is 65.3 Å². The molecule has 3 saturated heterocycles. The summed E-state index contributed by atoms with van der Waals surface area (Å²) < 4.78 is 0. The van der Waals surface area contributed by atoms with E-state index in [1.807, 2.05) is 16.2 Å². The van der Waals surface area contributed by atoms with Crippen molar-refractivity contribution in [1.82, 2.24) is 14.7 Å². The molecule has 0 radical (unpaired) electrons. The van der Waals surface area contributed by atoms with Crippen LogP contribution in [0.25, 0.3) is 0 Å². The lowest BCUT2D eigenvalue weighted by atomic mass is 9.83. The summed E-state index contributed by atoms with van der Waals surface area (Å²) in [6.45, 7) is 7.96. The highest BCUT2D eigenvalue weighted by Gasteiger charge is 2.39. The fraction of sp³-hybridized carbons (Fsp3) is 0.714. The van der Waals surface area contributed by atoms with Crippen molar-refractivity contribution in [2.75, 3.05) is 32.7 Å². The van der Waals surface area contributed by atoms with Crippen LogP contribution < -0.4 is 0 Å². The monoisotopic (exact) mass is 389 g/mol. The summed E-state index contributed by atoms with van der Waals surface area (Å²) in [5.41, 5.74) is 1.40. The fourth-order valence-electron chi connectivity index (χ4n) is 5.00. The number of hydrogen-bond donors (Lipinski definition) is 0. The molecular weight excluding hydrogens is 358 g/mol. The van der Waals surface area contributed by atoms with Crippen LogP contribution in [0.2, 0.25) is 0 Å². The molecule has 0 bridgehead atoms. The second-order valence-corrected chi connectivity index (χ2v) is 9.34. The van der Waals surface area contributed by atoms with Crippen LogP contribution in [0, 0.1) is 12.8 Å². The minimum absolute atomic E-state index is 0.287. The maximum absolute atomic E-state index is 12.6. The molecule has 4 heterocycles. The van der Waals surface area contributed by atoms with Gasteiger partial charge in [0.25, 0.3) is 0 Å². The molecule has 0 aliphatic carbocycles. The van der Waals surface area contributed by atoms with Gasteiger partial charge in [0.2, 0.25) is 11.8 Å².